The normalized spacial score (nSPS) is 18.7. The van der Waals surface area contributed by atoms with E-state index < -0.39 is 0 Å². The van der Waals surface area contributed by atoms with Gasteiger partial charge in [-0.05, 0) is 25.0 Å². The molecule has 0 fully saturated rings. The fourth-order valence-corrected chi connectivity index (χ4v) is 3.41. The molecule has 0 bridgehead atoms. The standard InChI is InChI=1S/C13H16N3OS/c1-2-10-5-8-7-15-11-6-9(14)3-4-12(11)16(17)13(8)18-10/h5-6,15H,2-4,7,14H2,1H3/q+1. The van der Waals surface area contributed by atoms with Crippen LogP contribution in [0.3, 0.4) is 0 Å². The number of fused-ring (bicyclic) bond motifs is 1. The minimum absolute atomic E-state index is 0.702. The number of rotatable bonds is 1. The number of nitrogens with one attached hydrogen (secondary N) is 1. The molecule has 4 nitrogen and oxygen atoms in total. The molecule has 1 aromatic rings. The Labute approximate surface area is 110 Å². The van der Waals surface area contributed by atoms with Crippen molar-refractivity contribution in [2.45, 2.75) is 32.7 Å². The fraction of sp³-hybridized carbons (Fsp3) is 0.385. The highest BCUT2D eigenvalue weighted by Crippen LogP contribution is 2.37. The van der Waals surface area contributed by atoms with Crippen molar-refractivity contribution in [3.05, 3.63) is 44.6 Å². The Balaban J connectivity index is 2.06. The maximum absolute atomic E-state index is 12.5. The lowest BCUT2D eigenvalue weighted by molar-refractivity contribution is -0.407. The second kappa shape index (κ2) is 4.24. The van der Waals surface area contributed by atoms with Crippen LogP contribution in [-0.2, 0) is 13.0 Å². The summed E-state index contributed by atoms with van der Waals surface area (Å²) < 4.78 is 1.09. The van der Waals surface area contributed by atoms with Gasteiger partial charge >= 0.3 is 5.00 Å². The van der Waals surface area contributed by atoms with Gasteiger partial charge in [-0.15, -0.1) is 0 Å². The second-order valence-corrected chi connectivity index (χ2v) is 5.74. The van der Waals surface area contributed by atoms with E-state index in [2.05, 4.69) is 18.3 Å². The van der Waals surface area contributed by atoms with Crippen LogP contribution in [0.1, 0.15) is 30.2 Å². The Morgan fingerprint density at radius 1 is 1.50 bits per heavy atom. The predicted octanol–water partition coefficient (Wildman–Crippen LogP) is 2.67. The lowest BCUT2D eigenvalue weighted by Crippen LogP contribution is -2.18. The molecule has 0 aromatic carbocycles. The van der Waals surface area contributed by atoms with Crippen molar-refractivity contribution in [2.24, 2.45) is 5.73 Å². The molecule has 1 aromatic heterocycles. The van der Waals surface area contributed by atoms with Gasteiger partial charge in [-0.25, -0.2) is 0 Å². The number of nitrogens with two attached hydrogens (primary N) is 1. The van der Waals surface area contributed by atoms with Gasteiger partial charge in [0.25, 0.3) is 5.70 Å². The molecule has 0 unspecified atom stereocenters. The second-order valence-electron chi connectivity index (χ2n) is 4.62. The Hall–Kier alpha value is -1.62. The molecule has 0 amide bonds. The van der Waals surface area contributed by atoms with Crippen LogP contribution in [0.5, 0.6) is 0 Å². The number of allylic oxidation sites excluding steroid dienone is 3. The maximum atomic E-state index is 12.5. The van der Waals surface area contributed by atoms with E-state index in [4.69, 9.17) is 5.73 Å². The number of nitroso groups, excluding NO2 is 1. The summed E-state index contributed by atoms with van der Waals surface area (Å²) in [7, 11) is 0. The van der Waals surface area contributed by atoms with E-state index in [-0.39, 0.29) is 0 Å². The summed E-state index contributed by atoms with van der Waals surface area (Å²) in [4.78, 5) is 13.7. The topological polar surface area (TPSA) is 58.1 Å². The average molecular weight is 262 g/mol. The molecule has 1 aliphatic carbocycles. The van der Waals surface area contributed by atoms with Crippen molar-refractivity contribution in [1.29, 1.82) is 0 Å². The van der Waals surface area contributed by atoms with Crippen molar-refractivity contribution >= 4 is 16.3 Å². The van der Waals surface area contributed by atoms with Gasteiger partial charge in [0.15, 0.2) is 0 Å². The maximum Gasteiger partial charge on any atom is 0.323 e. The Bertz CT molecular complexity index is 583. The van der Waals surface area contributed by atoms with Crippen molar-refractivity contribution in [1.82, 2.24) is 5.32 Å². The molecule has 1 aliphatic heterocycles. The highest BCUT2D eigenvalue weighted by molar-refractivity contribution is 7.15. The van der Waals surface area contributed by atoms with Crippen LogP contribution in [0.2, 0.25) is 0 Å². The molecule has 0 spiro atoms. The molecule has 2 heterocycles. The van der Waals surface area contributed by atoms with E-state index in [1.165, 1.54) is 4.88 Å². The van der Waals surface area contributed by atoms with Crippen LogP contribution in [-0.4, -0.2) is 4.76 Å². The van der Waals surface area contributed by atoms with Gasteiger partial charge in [-0.1, -0.05) is 18.3 Å². The molecule has 5 heteroatoms. The summed E-state index contributed by atoms with van der Waals surface area (Å²) >= 11 is 1.60. The zero-order valence-corrected chi connectivity index (χ0v) is 11.1. The number of aryl methyl sites for hydroxylation is 1. The van der Waals surface area contributed by atoms with Gasteiger partial charge < -0.3 is 11.1 Å². The van der Waals surface area contributed by atoms with Crippen LogP contribution in [0, 0.1) is 4.91 Å². The van der Waals surface area contributed by atoms with Crippen molar-refractivity contribution in [2.75, 3.05) is 0 Å². The zero-order valence-electron chi connectivity index (χ0n) is 10.3. The minimum Gasteiger partial charge on any atom is -0.402 e. The van der Waals surface area contributed by atoms with Gasteiger partial charge in [0.1, 0.15) is 5.70 Å². The molecule has 0 saturated carbocycles. The van der Waals surface area contributed by atoms with Crippen LogP contribution in [0.25, 0.3) is 0 Å². The lowest BCUT2D eigenvalue weighted by atomic mass is 10.1. The smallest absolute Gasteiger partial charge is 0.323 e. The minimum atomic E-state index is 0.702. The van der Waals surface area contributed by atoms with Gasteiger partial charge in [-0.3, -0.25) is 0 Å². The molecule has 0 atom stereocenters. The first kappa shape index (κ1) is 11.5. The first-order chi connectivity index (χ1) is 8.69. The summed E-state index contributed by atoms with van der Waals surface area (Å²) in [5, 5.41) is 4.16. The number of thiophene rings is 1. The highest BCUT2D eigenvalue weighted by atomic mass is 32.1. The fourth-order valence-electron chi connectivity index (χ4n) is 2.36. The third-order valence-electron chi connectivity index (χ3n) is 3.38. The monoisotopic (exact) mass is 262 g/mol. The molecule has 0 radical (unpaired) electrons. The van der Waals surface area contributed by atoms with Crippen LogP contribution in [0.4, 0.5) is 5.00 Å². The summed E-state index contributed by atoms with van der Waals surface area (Å²) in [6, 6.07) is 2.13. The molecule has 3 N–H and O–H groups in total. The molecule has 18 heavy (non-hydrogen) atoms. The predicted molar refractivity (Wildman–Crippen MR) is 72.4 cm³/mol. The average Bonchev–Trinajstić information content (AvgIpc) is 2.74. The summed E-state index contributed by atoms with van der Waals surface area (Å²) in [5.41, 5.74) is 9.46. The summed E-state index contributed by atoms with van der Waals surface area (Å²) in [6.45, 7) is 2.82. The Kier molecular flexibility index (Phi) is 2.70. The van der Waals surface area contributed by atoms with Gasteiger partial charge in [0, 0.05) is 28.4 Å². The zero-order chi connectivity index (χ0) is 12.7. The van der Waals surface area contributed by atoms with Crippen LogP contribution in [0.15, 0.2) is 29.2 Å². The van der Waals surface area contributed by atoms with Gasteiger partial charge in [-0.2, -0.15) is 0 Å². The molecule has 3 rings (SSSR count). The quantitative estimate of drug-likeness (QED) is 0.765. The van der Waals surface area contributed by atoms with Gasteiger partial charge in [0.2, 0.25) is 0 Å². The Morgan fingerprint density at radius 2 is 2.33 bits per heavy atom. The summed E-state index contributed by atoms with van der Waals surface area (Å²) in [5.74, 6) is 0. The van der Waals surface area contributed by atoms with Crippen molar-refractivity contribution in [3.8, 4) is 0 Å². The molecular formula is C13H16N3OS+. The Morgan fingerprint density at radius 3 is 3.11 bits per heavy atom. The lowest BCUT2D eigenvalue weighted by Gasteiger charge is -2.10. The van der Waals surface area contributed by atoms with E-state index in [9.17, 15) is 4.91 Å². The third kappa shape index (κ3) is 1.75. The van der Waals surface area contributed by atoms with Crippen LogP contribution >= 0.6 is 11.3 Å². The number of hydrogen-bond donors (Lipinski definition) is 2. The third-order valence-corrected chi connectivity index (χ3v) is 4.67. The summed E-state index contributed by atoms with van der Waals surface area (Å²) in [6.07, 6.45) is 4.35. The van der Waals surface area contributed by atoms with E-state index in [1.54, 1.807) is 11.3 Å². The molecule has 94 valence electrons. The first-order valence-corrected chi connectivity index (χ1v) is 7.02. The largest absolute Gasteiger partial charge is 0.402 e. The highest BCUT2D eigenvalue weighted by Gasteiger charge is 2.34. The van der Waals surface area contributed by atoms with Crippen molar-refractivity contribution < 1.29 is 4.76 Å². The van der Waals surface area contributed by atoms with Gasteiger partial charge in [0.05, 0.1) is 10.3 Å². The number of nitrogens with zero attached hydrogens (tertiary/aromatic N) is 1. The SMILES string of the molecule is CCc1cc2c(s1)[N+](=O)C1=C(C=C(N)CC1)NC2. The number of hydrogen-bond acceptors (Lipinski definition) is 4. The van der Waals surface area contributed by atoms with E-state index >= 15 is 0 Å². The van der Waals surface area contributed by atoms with E-state index in [0.29, 0.717) is 13.0 Å². The van der Waals surface area contributed by atoms with E-state index in [0.717, 1.165) is 45.3 Å². The van der Waals surface area contributed by atoms with Crippen LogP contribution < -0.4 is 11.1 Å². The van der Waals surface area contributed by atoms with Crippen molar-refractivity contribution in [3.63, 3.8) is 0 Å². The van der Waals surface area contributed by atoms with E-state index in [1.807, 2.05) is 6.08 Å². The molecule has 0 saturated heterocycles. The first-order valence-electron chi connectivity index (χ1n) is 6.21. The molecular weight excluding hydrogens is 246 g/mol. The molecule has 2 aliphatic rings.